The molecule has 0 saturated carbocycles. The van der Waals surface area contributed by atoms with Crippen LogP contribution in [-0.4, -0.2) is 17.6 Å². The van der Waals surface area contributed by atoms with E-state index in [0.29, 0.717) is 27.8 Å². The molecule has 0 bridgehead atoms. The summed E-state index contributed by atoms with van der Waals surface area (Å²) in [7, 11) is 0. The molecule has 3 aromatic rings. The first-order valence-corrected chi connectivity index (χ1v) is 10.2. The number of aromatic nitrogens is 1. The van der Waals surface area contributed by atoms with Gasteiger partial charge in [0.1, 0.15) is 16.6 Å². The molecule has 0 fully saturated rings. The molecule has 1 N–H and O–H groups in total. The van der Waals surface area contributed by atoms with Crippen LogP contribution in [0.15, 0.2) is 60.1 Å². The van der Waals surface area contributed by atoms with Crippen LogP contribution in [0.2, 0.25) is 5.02 Å². The predicted molar refractivity (Wildman–Crippen MR) is 117 cm³/mol. The van der Waals surface area contributed by atoms with Crippen molar-refractivity contribution >= 4 is 40.2 Å². The molecular formula is C22H18ClN3O2S. The zero-order valence-corrected chi connectivity index (χ0v) is 17.3. The van der Waals surface area contributed by atoms with Gasteiger partial charge in [-0.15, -0.1) is 11.3 Å². The lowest BCUT2D eigenvalue weighted by atomic mass is 10.2. The molecule has 5 nitrogen and oxygen atoms in total. The van der Waals surface area contributed by atoms with Crippen LogP contribution in [0.3, 0.4) is 0 Å². The fourth-order valence-corrected chi connectivity index (χ4v) is 3.35. The number of hydrogen-bond acceptors (Lipinski definition) is 6. The number of carbonyl (C=O) groups is 1. The number of ether oxygens (including phenoxy) is 1. The molecule has 0 radical (unpaired) electrons. The number of benzene rings is 2. The minimum atomic E-state index is -0.343. The van der Waals surface area contributed by atoms with Crippen LogP contribution < -0.4 is 5.32 Å². The number of nitriles is 1. The van der Waals surface area contributed by atoms with Gasteiger partial charge in [-0.3, -0.25) is 0 Å². The minimum absolute atomic E-state index is 0.343. The van der Waals surface area contributed by atoms with E-state index in [1.807, 2.05) is 24.4 Å². The summed E-state index contributed by atoms with van der Waals surface area (Å²) < 4.78 is 5.11. The lowest BCUT2D eigenvalue weighted by Crippen LogP contribution is -2.05. The van der Waals surface area contributed by atoms with Crippen molar-refractivity contribution in [3.8, 4) is 17.3 Å². The number of halogens is 1. The van der Waals surface area contributed by atoms with Crippen molar-refractivity contribution < 1.29 is 9.53 Å². The van der Waals surface area contributed by atoms with Crippen LogP contribution in [0, 0.1) is 11.3 Å². The fourth-order valence-electron chi connectivity index (χ4n) is 2.43. The lowest BCUT2D eigenvalue weighted by Gasteiger charge is -2.05. The maximum absolute atomic E-state index is 11.8. The molecule has 1 aromatic heterocycles. The van der Waals surface area contributed by atoms with Crippen molar-refractivity contribution in [3.63, 3.8) is 0 Å². The van der Waals surface area contributed by atoms with Crippen LogP contribution >= 0.6 is 22.9 Å². The van der Waals surface area contributed by atoms with Gasteiger partial charge < -0.3 is 10.1 Å². The van der Waals surface area contributed by atoms with Crippen molar-refractivity contribution in [2.24, 2.45) is 0 Å². The molecule has 7 heteroatoms. The Morgan fingerprint density at radius 1 is 1.24 bits per heavy atom. The molecule has 0 aliphatic carbocycles. The van der Waals surface area contributed by atoms with E-state index < -0.39 is 0 Å². The standard InChI is InChI=1S/C22H18ClN3O2S/c1-2-11-28-22(27)16-5-9-19(10-6-16)25-13-17(12-24)21-26-20(14-29-21)15-3-7-18(23)8-4-15/h3-10,13-14,25H,2,11H2,1H3/b17-13+. The molecular weight excluding hydrogens is 406 g/mol. The highest BCUT2D eigenvalue weighted by Crippen LogP contribution is 2.27. The van der Waals surface area contributed by atoms with Gasteiger partial charge in [0.25, 0.3) is 0 Å². The summed E-state index contributed by atoms with van der Waals surface area (Å²) in [5, 5.41) is 15.8. The maximum atomic E-state index is 11.8. The first-order chi connectivity index (χ1) is 14.1. The van der Waals surface area contributed by atoms with Crippen LogP contribution in [0.5, 0.6) is 0 Å². The van der Waals surface area contributed by atoms with Crippen LogP contribution in [0.25, 0.3) is 16.8 Å². The molecule has 146 valence electrons. The maximum Gasteiger partial charge on any atom is 0.338 e. The van der Waals surface area contributed by atoms with E-state index in [0.717, 1.165) is 23.4 Å². The van der Waals surface area contributed by atoms with Gasteiger partial charge in [0.05, 0.1) is 17.9 Å². The monoisotopic (exact) mass is 423 g/mol. The Labute approximate surface area is 178 Å². The molecule has 3 rings (SSSR count). The van der Waals surface area contributed by atoms with Crippen molar-refractivity contribution in [1.82, 2.24) is 4.98 Å². The van der Waals surface area contributed by atoms with Gasteiger partial charge in [0.15, 0.2) is 0 Å². The highest BCUT2D eigenvalue weighted by Gasteiger charge is 2.10. The van der Waals surface area contributed by atoms with E-state index in [-0.39, 0.29) is 5.97 Å². The molecule has 2 aromatic carbocycles. The van der Waals surface area contributed by atoms with E-state index in [1.165, 1.54) is 11.3 Å². The molecule has 0 unspecified atom stereocenters. The normalized spacial score (nSPS) is 11.0. The lowest BCUT2D eigenvalue weighted by molar-refractivity contribution is 0.0505. The molecule has 0 amide bonds. The van der Waals surface area contributed by atoms with Crippen molar-refractivity contribution in [3.05, 3.63) is 75.7 Å². The molecule has 1 heterocycles. The van der Waals surface area contributed by atoms with E-state index in [4.69, 9.17) is 16.3 Å². The largest absolute Gasteiger partial charge is 0.462 e. The second kappa shape index (κ2) is 9.87. The summed E-state index contributed by atoms with van der Waals surface area (Å²) >= 11 is 7.32. The zero-order valence-electron chi connectivity index (χ0n) is 15.7. The number of allylic oxidation sites excluding steroid dienone is 1. The second-order valence-corrected chi connectivity index (χ2v) is 7.37. The summed E-state index contributed by atoms with van der Waals surface area (Å²) in [6.45, 7) is 2.35. The zero-order chi connectivity index (χ0) is 20.6. The predicted octanol–water partition coefficient (Wildman–Crippen LogP) is 6.01. The Bertz CT molecular complexity index is 1050. The van der Waals surface area contributed by atoms with E-state index in [2.05, 4.69) is 16.4 Å². The molecule has 0 aliphatic heterocycles. The molecule has 0 aliphatic rings. The number of nitrogens with zero attached hydrogens (tertiary/aromatic N) is 2. The average molecular weight is 424 g/mol. The summed E-state index contributed by atoms with van der Waals surface area (Å²) in [6.07, 6.45) is 2.39. The fraction of sp³-hybridized carbons (Fsp3) is 0.136. The number of esters is 1. The second-order valence-electron chi connectivity index (χ2n) is 6.07. The third-order valence-corrected chi connectivity index (χ3v) is 5.06. The summed E-state index contributed by atoms with van der Waals surface area (Å²) in [6, 6.07) is 16.4. The first-order valence-electron chi connectivity index (χ1n) is 8.96. The summed E-state index contributed by atoms with van der Waals surface area (Å²) in [5.74, 6) is -0.343. The number of thiazole rings is 1. The molecule has 0 atom stereocenters. The van der Waals surface area contributed by atoms with Gasteiger partial charge in [0.2, 0.25) is 0 Å². The Balaban J connectivity index is 1.70. The van der Waals surface area contributed by atoms with Crippen molar-refractivity contribution in [1.29, 1.82) is 5.26 Å². The van der Waals surface area contributed by atoms with Gasteiger partial charge in [-0.25, -0.2) is 9.78 Å². The molecule has 0 saturated heterocycles. The summed E-state index contributed by atoms with van der Waals surface area (Å²) in [4.78, 5) is 16.4. The van der Waals surface area contributed by atoms with Gasteiger partial charge in [-0.2, -0.15) is 5.26 Å². The van der Waals surface area contributed by atoms with E-state index in [1.54, 1.807) is 42.6 Å². The summed E-state index contributed by atoms with van der Waals surface area (Å²) in [5.41, 5.74) is 3.38. The average Bonchev–Trinajstić information content (AvgIpc) is 3.23. The smallest absolute Gasteiger partial charge is 0.338 e. The van der Waals surface area contributed by atoms with E-state index in [9.17, 15) is 10.1 Å². The number of hydrogen-bond donors (Lipinski definition) is 1. The topological polar surface area (TPSA) is 75.0 Å². The third-order valence-electron chi connectivity index (χ3n) is 3.94. The molecule has 0 spiro atoms. The highest BCUT2D eigenvalue weighted by atomic mass is 35.5. The Morgan fingerprint density at radius 3 is 2.62 bits per heavy atom. The number of nitrogens with one attached hydrogen (secondary N) is 1. The van der Waals surface area contributed by atoms with Gasteiger partial charge in [-0.1, -0.05) is 30.7 Å². The van der Waals surface area contributed by atoms with Gasteiger partial charge in [-0.05, 0) is 42.8 Å². The SMILES string of the molecule is CCCOC(=O)c1ccc(N/C=C(\C#N)c2nc(-c3ccc(Cl)cc3)cs2)cc1. The number of carbonyl (C=O) groups excluding carboxylic acids is 1. The molecule has 29 heavy (non-hydrogen) atoms. The van der Waals surface area contributed by atoms with Crippen LogP contribution in [0.4, 0.5) is 5.69 Å². The Morgan fingerprint density at radius 2 is 1.97 bits per heavy atom. The Kier molecular flexibility index (Phi) is 7.01. The highest BCUT2D eigenvalue weighted by molar-refractivity contribution is 7.11. The Hall–Kier alpha value is -3.14. The van der Waals surface area contributed by atoms with Crippen molar-refractivity contribution in [2.75, 3.05) is 11.9 Å². The quantitative estimate of drug-likeness (QED) is 0.372. The third kappa shape index (κ3) is 5.44. The first kappa shape index (κ1) is 20.6. The van der Waals surface area contributed by atoms with Crippen LogP contribution in [-0.2, 0) is 4.74 Å². The number of rotatable bonds is 7. The van der Waals surface area contributed by atoms with E-state index >= 15 is 0 Å². The van der Waals surface area contributed by atoms with Crippen molar-refractivity contribution in [2.45, 2.75) is 13.3 Å². The number of anilines is 1. The minimum Gasteiger partial charge on any atom is -0.462 e. The van der Waals surface area contributed by atoms with Gasteiger partial charge >= 0.3 is 5.97 Å². The van der Waals surface area contributed by atoms with Gasteiger partial charge in [0, 0.05) is 27.9 Å². The van der Waals surface area contributed by atoms with Crippen LogP contribution in [0.1, 0.15) is 28.7 Å².